The molecule has 6 heteroatoms. The van der Waals surface area contributed by atoms with E-state index in [2.05, 4.69) is 0 Å². The summed E-state index contributed by atoms with van der Waals surface area (Å²) in [6.07, 6.45) is 0. The van der Waals surface area contributed by atoms with E-state index in [9.17, 15) is 9.59 Å². The van der Waals surface area contributed by atoms with Gasteiger partial charge in [-0.2, -0.15) is 0 Å². The highest BCUT2D eigenvalue weighted by Crippen LogP contribution is 2.23. The molecule has 104 valence electrons. The SMILES string of the molecule is O=C1c2ccc(B(O)O)cc2C(=O)N1Cc1ccccc1. The lowest BCUT2D eigenvalue weighted by Crippen LogP contribution is -2.31. The van der Waals surface area contributed by atoms with E-state index >= 15 is 0 Å². The number of carbonyl (C=O) groups is 2. The Morgan fingerprint density at radius 3 is 2.24 bits per heavy atom. The lowest BCUT2D eigenvalue weighted by molar-refractivity contribution is 0.0642. The Bertz CT molecular complexity index is 715. The molecule has 0 unspecified atom stereocenters. The summed E-state index contributed by atoms with van der Waals surface area (Å²) >= 11 is 0. The molecule has 0 radical (unpaired) electrons. The maximum absolute atomic E-state index is 12.3. The van der Waals surface area contributed by atoms with Gasteiger partial charge in [-0.15, -0.1) is 0 Å². The van der Waals surface area contributed by atoms with Gasteiger partial charge in [-0.1, -0.05) is 36.4 Å². The summed E-state index contributed by atoms with van der Waals surface area (Å²) in [7, 11) is -1.67. The number of hydrogen-bond acceptors (Lipinski definition) is 4. The number of imide groups is 1. The molecule has 1 aliphatic rings. The van der Waals surface area contributed by atoms with Crippen LogP contribution >= 0.6 is 0 Å². The largest absolute Gasteiger partial charge is 0.488 e. The second kappa shape index (κ2) is 5.16. The number of nitrogens with zero attached hydrogens (tertiary/aromatic N) is 1. The van der Waals surface area contributed by atoms with Crippen LogP contribution in [0.1, 0.15) is 26.3 Å². The number of benzene rings is 2. The van der Waals surface area contributed by atoms with Gasteiger partial charge in [0.15, 0.2) is 0 Å². The smallest absolute Gasteiger partial charge is 0.423 e. The van der Waals surface area contributed by atoms with Gasteiger partial charge in [0, 0.05) is 0 Å². The summed E-state index contributed by atoms with van der Waals surface area (Å²) in [5, 5.41) is 18.3. The molecule has 0 atom stereocenters. The molecule has 2 aromatic rings. The van der Waals surface area contributed by atoms with Crippen LogP contribution in [0.4, 0.5) is 0 Å². The predicted octanol–water partition coefficient (Wildman–Crippen LogP) is 0.163. The van der Waals surface area contributed by atoms with E-state index in [0.717, 1.165) is 10.5 Å². The molecule has 0 spiro atoms. The van der Waals surface area contributed by atoms with Crippen molar-refractivity contribution in [3.05, 3.63) is 65.2 Å². The highest BCUT2D eigenvalue weighted by atomic mass is 16.4. The third-order valence-electron chi connectivity index (χ3n) is 3.48. The normalized spacial score (nSPS) is 13.5. The van der Waals surface area contributed by atoms with Crippen molar-refractivity contribution in [1.82, 2.24) is 4.90 Å². The molecule has 0 bridgehead atoms. The minimum absolute atomic E-state index is 0.191. The molecular formula is C15H12BNO4. The number of rotatable bonds is 3. The van der Waals surface area contributed by atoms with Crippen LogP contribution in [0.3, 0.4) is 0 Å². The third-order valence-corrected chi connectivity index (χ3v) is 3.48. The monoisotopic (exact) mass is 281 g/mol. The first-order valence-corrected chi connectivity index (χ1v) is 6.48. The highest BCUT2D eigenvalue weighted by Gasteiger charge is 2.36. The lowest BCUT2D eigenvalue weighted by atomic mass is 9.79. The third kappa shape index (κ3) is 2.35. The molecule has 1 aliphatic heterocycles. The van der Waals surface area contributed by atoms with E-state index in [0.29, 0.717) is 5.56 Å². The summed E-state index contributed by atoms with van der Waals surface area (Å²) < 4.78 is 0. The van der Waals surface area contributed by atoms with Gasteiger partial charge in [-0.25, -0.2) is 0 Å². The summed E-state index contributed by atoms with van der Waals surface area (Å²) in [5.41, 5.74) is 1.55. The van der Waals surface area contributed by atoms with Crippen molar-refractivity contribution in [2.45, 2.75) is 6.54 Å². The zero-order valence-corrected chi connectivity index (χ0v) is 11.1. The molecule has 2 aromatic carbocycles. The fourth-order valence-corrected chi connectivity index (χ4v) is 2.38. The molecule has 1 heterocycles. The van der Waals surface area contributed by atoms with Gasteiger partial charge in [0.25, 0.3) is 11.8 Å². The van der Waals surface area contributed by atoms with E-state index in [1.165, 1.54) is 18.2 Å². The van der Waals surface area contributed by atoms with Crippen LogP contribution in [0, 0.1) is 0 Å². The standard InChI is InChI=1S/C15H12BNO4/c18-14-12-7-6-11(16(20)21)8-13(12)15(19)17(14)9-10-4-2-1-3-5-10/h1-8,20-21H,9H2. The average Bonchev–Trinajstić information content (AvgIpc) is 2.73. The van der Waals surface area contributed by atoms with Crippen LogP contribution < -0.4 is 5.46 Å². The van der Waals surface area contributed by atoms with E-state index in [4.69, 9.17) is 10.0 Å². The maximum atomic E-state index is 12.3. The van der Waals surface area contributed by atoms with E-state index in [1.54, 1.807) is 0 Å². The maximum Gasteiger partial charge on any atom is 0.488 e. The summed E-state index contributed by atoms with van der Waals surface area (Å²) in [6.45, 7) is 0.199. The van der Waals surface area contributed by atoms with E-state index in [1.807, 2.05) is 30.3 Å². The summed E-state index contributed by atoms with van der Waals surface area (Å²) in [5.74, 6) is -0.779. The van der Waals surface area contributed by atoms with Gasteiger partial charge < -0.3 is 10.0 Å². The molecule has 0 aliphatic carbocycles. The fraction of sp³-hybridized carbons (Fsp3) is 0.0667. The Balaban J connectivity index is 1.93. The average molecular weight is 281 g/mol. The fourth-order valence-electron chi connectivity index (χ4n) is 2.38. The summed E-state index contributed by atoms with van der Waals surface area (Å²) in [6, 6.07) is 13.5. The van der Waals surface area contributed by atoms with Crippen molar-refractivity contribution in [2.75, 3.05) is 0 Å². The number of fused-ring (bicyclic) bond motifs is 1. The van der Waals surface area contributed by atoms with Gasteiger partial charge in [0.05, 0.1) is 17.7 Å². The Morgan fingerprint density at radius 1 is 0.905 bits per heavy atom. The van der Waals surface area contributed by atoms with Crippen LogP contribution in [-0.4, -0.2) is 33.9 Å². The molecule has 5 nitrogen and oxygen atoms in total. The predicted molar refractivity (Wildman–Crippen MR) is 76.9 cm³/mol. The van der Waals surface area contributed by atoms with Gasteiger partial charge in [-0.05, 0) is 23.2 Å². The van der Waals surface area contributed by atoms with Gasteiger partial charge >= 0.3 is 7.12 Å². The minimum atomic E-state index is -1.67. The zero-order chi connectivity index (χ0) is 15.0. The van der Waals surface area contributed by atoms with Crippen LogP contribution in [0.25, 0.3) is 0 Å². The quantitative estimate of drug-likeness (QED) is 0.620. The first-order valence-electron chi connectivity index (χ1n) is 6.48. The minimum Gasteiger partial charge on any atom is -0.423 e. The van der Waals surface area contributed by atoms with Gasteiger partial charge in [0.1, 0.15) is 0 Å². The molecular weight excluding hydrogens is 269 g/mol. The second-order valence-electron chi connectivity index (χ2n) is 4.86. The molecule has 0 fully saturated rings. The molecule has 0 saturated carbocycles. The van der Waals surface area contributed by atoms with Crippen molar-refractivity contribution >= 4 is 24.4 Å². The topological polar surface area (TPSA) is 77.8 Å². The van der Waals surface area contributed by atoms with E-state index < -0.39 is 13.0 Å². The van der Waals surface area contributed by atoms with Crippen LogP contribution in [-0.2, 0) is 6.54 Å². The first-order chi connectivity index (χ1) is 10.1. The van der Waals surface area contributed by atoms with Crippen molar-refractivity contribution in [1.29, 1.82) is 0 Å². The number of amides is 2. The lowest BCUT2D eigenvalue weighted by Gasteiger charge is -2.13. The second-order valence-corrected chi connectivity index (χ2v) is 4.86. The Morgan fingerprint density at radius 2 is 1.57 bits per heavy atom. The van der Waals surface area contributed by atoms with Crippen LogP contribution in [0.2, 0.25) is 0 Å². The van der Waals surface area contributed by atoms with Crippen LogP contribution in [0.15, 0.2) is 48.5 Å². The molecule has 0 saturated heterocycles. The van der Waals surface area contributed by atoms with Crippen molar-refractivity contribution < 1.29 is 19.6 Å². The molecule has 0 aromatic heterocycles. The van der Waals surface area contributed by atoms with Gasteiger partial charge in [0.2, 0.25) is 0 Å². The molecule has 21 heavy (non-hydrogen) atoms. The summed E-state index contributed by atoms with van der Waals surface area (Å²) in [4.78, 5) is 25.8. The van der Waals surface area contributed by atoms with Crippen molar-refractivity contribution in [3.63, 3.8) is 0 Å². The van der Waals surface area contributed by atoms with Gasteiger partial charge in [-0.3, -0.25) is 14.5 Å². The Hall–Kier alpha value is -2.44. The molecule has 2 amide bonds. The Labute approximate surface area is 121 Å². The molecule has 2 N–H and O–H groups in total. The Kier molecular flexibility index (Phi) is 3.33. The van der Waals surface area contributed by atoms with Crippen molar-refractivity contribution in [3.8, 4) is 0 Å². The van der Waals surface area contributed by atoms with Crippen molar-refractivity contribution in [2.24, 2.45) is 0 Å². The molecule has 3 rings (SSSR count). The zero-order valence-electron chi connectivity index (χ0n) is 11.1. The van der Waals surface area contributed by atoms with Crippen LogP contribution in [0.5, 0.6) is 0 Å². The van der Waals surface area contributed by atoms with E-state index in [-0.39, 0.29) is 23.5 Å². The number of carbonyl (C=O) groups excluding carboxylic acids is 2. The highest BCUT2D eigenvalue weighted by molar-refractivity contribution is 6.58. The first kappa shape index (κ1) is 13.5. The number of hydrogen-bond donors (Lipinski definition) is 2.